The maximum Gasteiger partial charge on any atom is 0.223 e. The summed E-state index contributed by atoms with van der Waals surface area (Å²) in [6, 6.07) is 0. The molecule has 4 heterocycles. The van der Waals surface area contributed by atoms with Gasteiger partial charge in [0.25, 0.3) is 0 Å². The van der Waals surface area contributed by atoms with Crippen LogP contribution in [-0.4, -0.2) is 43.5 Å². The molecule has 0 radical (unpaired) electrons. The summed E-state index contributed by atoms with van der Waals surface area (Å²) in [6.07, 6.45) is 3.85. The summed E-state index contributed by atoms with van der Waals surface area (Å²) < 4.78 is 7.28. The second kappa shape index (κ2) is 7.36. The van der Waals surface area contributed by atoms with Crippen molar-refractivity contribution in [2.24, 2.45) is 5.73 Å². The summed E-state index contributed by atoms with van der Waals surface area (Å²) in [5.41, 5.74) is 16.3. The molecule has 3 aromatic heterocycles. The van der Waals surface area contributed by atoms with Gasteiger partial charge in [-0.1, -0.05) is 0 Å². The van der Waals surface area contributed by atoms with Gasteiger partial charge in [-0.05, 0) is 25.5 Å². The summed E-state index contributed by atoms with van der Waals surface area (Å²) in [6.45, 7) is 4.33. The van der Waals surface area contributed by atoms with Crippen LogP contribution in [0.3, 0.4) is 0 Å². The number of rotatable bonds is 5. The van der Waals surface area contributed by atoms with Crippen molar-refractivity contribution in [2.45, 2.75) is 31.8 Å². The standard InChI is InChI=1S/C19H21N7O2S/c1-9-6-22-13(10(2)16(9)28-3)7-26-17-15-12(25-26)4-11(5-14(20)27)8-29-18(15)24-19(21)23-17/h4,6H,5,7-8H2,1-3H3,(H2,20,27)(H2,21,23,24). The largest absolute Gasteiger partial charge is 0.496 e. The van der Waals surface area contributed by atoms with Crippen LogP contribution < -0.4 is 16.2 Å². The number of anilines is 1. The molecule has 1 aliphatic heterocycles. The highest BCUT2D eigenvalue weighted by Gasteiger charge is 2.22. The van der Waals surface area contributed by atoms with Crippen LogP contribution in [0.2, 0.25) is 0 Å². The summed E-state index contributed by atoms with van der Waals surface area (Å²) in [5, 5.41) is 6.29. The summed E-state index contributed by atoms with van der Waals surface area (Å²) in [4.78, 5) is 24.8. The van der Waals surface area contributed by atoms with Crippen molar-refractivity contribution in [3.05, 3.63) is 34.3 Å². The summed E-state index contributed by atoms with van der Waals surface area (Å²) in [5.74, 6) is 1.20. The molecule has 3 aromatic rings. The Kier molecular flexibility index (Phi) is 4.87. The molecule has 10 heteroatoms. The van der Waals surface area contributed by atoms with Crippen LogP contribution in [0, 0.1) is 13.8 Å². The molecule has 4 N–H and O–H groups in total. The van der Waals surface area contributed by atoms with Gasteiger partial charge in [0.15, 0.2) is 5.65 Å². The van der Waals surface area contributed by atoms with Gasteiger partial charge in [-0.2, -0.15) is 10.1 Å². The highest BCUT2D eigenvalue weighted by Crippen LogP contribution is 2.35. The molecule has 29 heavy (non-hydrogen) atoms. The third-order valence-electron chi connectivity index (χ3n) is 4.79. The Morgan fingerprint density at radius 2 is 2.14 bits per heavy atom. The van der Waals surface area contributed by atoms with Crippen molar-refractivity contribution in [2.75, 3.05) is 18.6 Å². The van der Waals surface area contributed by atoms with E-state index in [9.17, 15) is 4.79 Å². The maximum atomic E-state index is 11.4. The Morgan fingerprint density at radius 3 is 2.86 bits per heavy atom. The fraction of sp³-hybridized carbons (Fsp3) is 0.316. The fourth-order valence-corrected chi connectivity index (χ4v) is 4.50. The lowest BCUT2D eigenvalue weighted by Crippen LogP contribution is -2.12. The summed E-state index contributed by atoms with van der Waals surface area (Å²) in [7, 11) is 1.65. The molecular weight excluding hydrogens is 390 g/mol. The van der Waals surface area contributed by atoms with Crippen molar-refractivity contribution in [1.29, 1.82) is 0 Å². The number of nitrogens with zero attached hydrogens (tertiary/aromatic N) is 5. The van der Waals surface area contributed by atoms with E-state index >= 15 is 0 Å². The average molecular weight is 411 g/mol. The number of ether oxygens (including phenoxy) is 1. The van der Waals surface area contributed by atoms with Crippen LogP contribution in [-0.2, 0) is 11.3 Å². The van der Waals surface area contributed by atoms with E-state index in [2.05, 4.69) is 15.0 Å². The lowest BCUT2D eigenvalue weighted by atomic mass is 10.1. The topological polar surface area (TPSA) is 135 Å². The quantitative estimate of drug-likeness (QED) is 0.607. The molecule has 4 rings (SSSR count). The van der Waals surface area contributed by atoms with Gasteiger partial charge in [0.05, 0.1) is 30.4 Å². The van der Waals surface area contributed by atoms with Gasteiger partial charge in [-0.25, -0.2) is 9.67 Å². The normalized spacial score (nSPS) is 13.3. The van der Waals surface area contributed by atoms with E-state index in [0.29, 0.717) is 23.6 Å². The molecule has 0 saturated heterocycles. The first-order valence-electron chi connectivity index (χ1n) is 9.01. The number of aromatic nitrogens is 5. The van der Waals surface area contributed by atoms with Crippen molar-refractivity contribution in [1.82, 2.24) is 24.7 Å². The number of thioether (sulfide) groups is 1. The Hall–Kier alpha value is -3.14. The molecular formula is C19H21N7O2S. The highest BCUT2D eigenvalue weighted by atomic mass is 32.2. The van der Waals surface area contributed by atoms with Crippen LogP contribution in [0.1, 0.15) is 28.9 Å². The van der Waals surface area contributed by atoms with Gasteiger partial charge in [0.2, 0.25) is 11.9 Å². The molecule has 0 atom stereocenters. The van der Waals surface area contributed by atoms with Gasteiger partial charge in [-0.15, -0.1) is 11.8 Å². The molecule has 0 unspecified atom stereocenters. The van der Waals surface area contributed by atoms with Crippen LogP contribution in [0.4, 0.5) is 5.95 Å². The van der Waals surface area contributed by atoms with E-state index in [4.69, 9.17) is 21.3 Å². The number of carbonyl (C=O) groups excluding carboxylic acids is 1. The van der Waals surface area contributed by atoms with E-state index in [1.54, 1.807) is 18.0 Å². The van der Waals surface area contributed by atoms with Gasteiger partial charge < -0.3 is 16.2 Å². The third-order valence-corrected chi connectivity index (χ3v) is 5.87. The predicted octanol–water partition coefficient (Wildman–Crippen LogP) is 1.84. The highest BCUT2D eigenvalue weighted by molar-refractivity contribution is 7.99. The second-order valence-electron chi connectivity index (χ2n) is 6.91. The molecule has 150 valence electrons. The monoisotopic (exact) mass is 411 g/mol. The number of nitrogens with two attached hydrogens (primary N) is 2. The lowest BCUT2D eigenvalue weighted by Gasteiger charge is -2.12. The minimum atomic E-state index is -0.379. The fourth-order valence-electron chi connectivity index (χ4n) is 3.49. The van der Waals surface area contributed by atoms with Crippen molar-refractivity contribution in [3.8, 4) is 5.75 Å². The number of hydrogen-bond donors (Lipinski definition) is 2. The van der Waals surface area contributed by atoms with Gasteiger partial charge in [0.1, 0.15) is 10.8 Å². The molecule has 0 spiro atoms. The van der Waals surface area contributed by atoms with Crippen LogP contribution >= 0.6 is 11.8 Å². The number of carbonyl (C=O) groups is 1. The smallest absolute Gasteiger partial charge is 0.223 e. The van der Waals surface area contributed by atoms with Crippen molar-refractivity contribution in [3.63, 3.8) is 0 Å². The summed E-state index contributed by atoms with van der Waals surface area (Å²) >= 11 is 1.50. The van der Waals surface area contributed by atoms with E-state index in [0.717, 1.165) is 38.6 Å². The van der Waals surface area contributed by atoms with Crippen molar-refractivity contribution < 1.29 is 9.53 Å². The molecule has 0 bridgehead atoms. The Labute approximate surface area is 171 Å². The first kappa shape index (κ1) is 19.2. The molecule has 9 nitrogen and oxygen atoms in total. The number of hydrogen-bond acceptors (Lipinski definition) is 8. The zero-order valence-electron chi connectivity index (χ0n) is 16.4. The van der Waals surface area contributed by atoms with Crippen molar-refractivity contribution >= 4 is 40.7 Å². The zero-order chi connectivity index (χ0) is 20.7. The third kappa shape index (κ3) is 3.51. The van der Waals surface area contributed by atoms with Gasteiger partial charge >= 0.3 is 0 Å². The SMILES string of the molecule is COc1c(C)cnc(Cn2nc3c4c(nc(N)nc42)SCC(CC(N)=O)=C3)c1C. The molecule has 1 aliphatic rings. The number of nitrogen functional groups attached to an aromatic ring is 1. The Balaban J connectivity index is 1.85. The van der Waals surface area contributed by atoms with E-state index in [1.807, 2.05) is 19.9 Å². The first-order valence-corrected chi connectivity index (χ1v) is 9.99. The molecule has 0 aromatic carbocycles. The van der Waals surface area contributed by atoms with E-state index in [-0.39, 0.29) is 18.3 Å². The van der Waals surface area contributed by atoms with Crippen LogP contribution in [0.15, 0.2) is 16.8 Å². The van der Waals surface area contributed by atoms with Gasteiger partial charge in [0, 0.05) is 29.5 Å². The van der Waals surface area contributed by atoms with Crippen LogP contribution in [0.25, 0.3) is 17.1 Å². The van der Waals surface area contributed by atoms with E-state index < -0.39 is 0 Å². The first-order chi connectivity index (χ1) is 13.9. The number of aryl methyl sites for hydroxylation is 1. The van der Waals surface area contributed by atoms with E-state index in [1.165, 1.54) is 11.8 Å². The Bertz CT molecular complexity index is 1170. The number of primary amides is 1. The zero-order valence-corrected chi connectivity index (χ0v) is 17.2. The minimum Gasteiger partial charge on any atom is -0.496 e. The number of pyridine rings is 1. The number of amides is 1. The minimum absolute atomic E-state index is 0.175. The maximum absolute atomic E-state index is 11.4. The predicted molar refractivity (Wildman–Crippen MR) is 112 cm³/mol. The number of methoxy groups -OCH3 is 1. The Morgan fingerprint density at radius 1 is 1.34 bits per heavy atom. The average Bonchev–Trinajstić information content (AvgIpc) is 2.89. The van der Waals surface area contributed by atoms with Crippen LogP contribution in [0.5, 0.6) is 5.75 Å². The second-order valence-corrected chi connectivity index (χ2v) is 7.87. The molecule has 0 aliphatic carbocycles. The molecule has 1 amide bonds. The molecule has 0 saturated carbocycles. The lowest BCUT2D eigenvalue weighted by molar-refractivity contribution is -0.117. The van der Waals surface area contributed by atoms with Gasteiger partial charge in [-0.3, -0.25) is 9.78 Å². The molecule has 0 fully saturated rings.